The van der Waals surface area contributed by atoms with Crippen molar-refractivity contribution in [1.82, 2.24) is 15.3 Å². The van der Waals surface area contributed by atoms with Gasteiger partial charge in [-0.2, -0.15) is 11.8 Å². The van der Waals surface area contributed by atoms with Gasteiger partial charge >= 0.3 is 0 Å². The molecule has 1 aromatic heterocycles. The van der Waals surface area contributed by atoms with Crippen molar-refractivity contribution in [3.63, 3.8) is 0 Å². The quantitative estimate of drug-likeness (QED) is 0.585. The molecule has 1 aromatic carbocycles. The fourth-order valence-electron chi connectivity index (χ4n) is 2.60. The summed E-state index contributed by atoms with van der Waals surface area (Å²) in [4.78, 5) is 20.5. The van der Waals surface area contributed by atoms with Crippen molar-refractivity contribution >= 4 is 23.6 Å². The van der Waals surface area contributed by atoms with E-state index in [2.05, 4.69) is 46.6 Å². The lowest BCUT2D eigenvalue weighted by Crippen LogP contribution is -2.31. The van der Waals surface area contributed by atoms with E-state index in [0.717, 1.165) is 25.1 Å². The molecular formula is C20H28N4OS. The Labute approximate surface area is 160 Å². The van der Waals surface area contributed by atoms with E-state index in [4.69, 9.17) is 0 Å². The van der Waals surface area contributed by atoms with Gasteiger partial charge in [-0.3, -0.25) is 4.79 Å². The third-order valence-corrected chi connectivity index (χ3v) is 4.84. The maximum absolute atomic E-state index is 12.3. The molecule has 0 aliphatic carbocycles. The SMILES string of the molecule is CC(C)CC(NC(=O)CSCCCNc1ncccn1)c1ccccc1. The van der Waals surface area contributed by atoms with Crippen molar-refractivity contribution in [3.8, 4) is 0 Å². The van der Waals surface area contributed by atoms with Gasteiger partial charge in [0, 0.05) is 18.9 Å². The lowest BCUT2D eigenvalue weighted by Gasteiger charge is -2.21. The lowest BCUT2D eigenvalue weighted by molar-refractivity contribution is -0.119. The minimum absolute atomic E-state index is 0.0844. The molecule has 0 saturated carbocycles. The largest absolute Gasteiger partial charge is 0.354 e. The van der Waals surface area contributed by atoms with E-state index in [1.165, 1.54) is 5.56 Å². The molecule has 0 saturated heterocycles. The molecule has 1 atom stereocenters. The van der Waals surface area contributed by atoms with Gasteiger partial charge in [-0.05, 0) is 36.1 Å². The maximum Gasteiger partial charge on any atom is 0.230 e. The van der Waals surface area contributed by atoms with Crippen LogP contribution in [0.4, 0.5) is 5.95 Å². The Hall–Kier alpha value is -2.08. The second kappa shape index (κ2) is 11.5. The first-order chi connectivity index (χ1) is 12.6. The summed E-state index contributed by atoms with van der Waals surface area (Å²) in [5.41, 5.74) is 1.17. The molecule has 1 amide bonds. The van der Waals surface area contributed by atoms with Crippen molar-refractivity contribution in [2.75, 3.05) is 23.4 Å². The van der Waals surface area contributed by atoms with E-state index in [-0.39, 0.29) is 11.9 Å². The monoisotopic (exact) mass is 372 g/mol. The number of thioether (sulfide) groups is 1. The topological polar surface area (TPSA) is 66.9 Å². The maximum atomic E-state index is 12.3. The number of carbonyl (C=O) groups excluding carboxylic acids is 1. The number of carbonyl (C=O) groups is 1. The van der Waals surface area contributed by atoms with E-state index in [0.29, 0.717) is 17.6 Å². The van der Waals surface area contributed by atoms with Crippen LogP contribution in [0.5, 0.6) is 0 Å². The summed E-state index contributed by atoms with van der Waals surface area (Å²) in [7, 11) is 0. The fraction of sp³-hybridized carbons (Fsp3) is 0.450. The van der Waals surface area contributed by atoms with Crippen molar-refractivity contribution in [2.45, 2.75) is 32.7 Å². The summed E-state index contributed by atoms with van der Waals surface area (Å²) < 4.78 is 0. The number of amides is 1. The van der Waals surface area contributed by atoms with Gasteiger partial charge in [-0.1, -0.05) is 44.2 Å². The van der Waals surface area contributed by atoms with Gasteiger partial charge in [0.05, 0.1) is 11.8 Å². The van der Waals surface area contributed by atoms with Crippen LogP contribution in [0.25, 0.3) is 0 Å². The third-order valence-electron chi connectivity index (χ3n) is 3.79. The standard InChI is InChI=1S/C20H28N4OS/c1-16(2)14-18(17-8-4-3-5-9-17)24-19(25)15-26-13-7-12-23-20-21-10-6-11-22-20/h3-6,8-11,16,18H,7,12-15H2,1-2H3,(H,24,25)(H,21,22,23). The zero-order valence-electron chi connectivity index (χ0n) is 15.5. The Morgan fingerprint density at radius 3 is 2.54 bits per heavy atom. The molecule has 6 heteroatoms. The average Bonchev–Trinajstić information content (AvgIpc) is 2.65. The van der Waals surface area contributed by atoms with Crippen LogP contribution in [0.1, 0.15) is 38.3 Å². The highest BCUT2D eigenvalue weighted by atomic mass is 32.2. The number of hydrogen-bond acceptors (Lipinski definition) is 5. The molecule has 0 spiro atoms. The zero-order valence-corrected chi connectivity index (χ0v) is 16.3. The van der Waals surface area contributed by atoms with Crippen LogP contribution in [0.2, 0.25) is 0 Å². The Kier molecular flexibility index (Phi) is 8.96. The lowest BCUT2D eigenvalue weighted by atomic mass is 9.97. The molecule has 0 aliphatic heterocycles. The Bertz CT molecular complexity index is 637. The highest BCUT2D eigenvalue weighted by Crippen LogP contribution is 2.21. The molecule has 0 aliphatic rings. The van der Waals surface area contributed by atoms with Crippen LogP contribution >= 0.6 is 11.8 Å². The van der Waals surface area contributed by atoms with Gasteiger partial charge in [0.2, 0.25) is 11.9 Å². The number of hydrogen-bond donors (Lipinski definition) is 2. The second-order valence-electron chi connectivity index (χ2n) is 6.57. The fourth-order valence-corrected chi connectivity index (χ4v) is 3.36. The predicted octanol–water partition coefficient (Wildman–Crippen LogP) is 3.92. The molecule has 2 rings (SSSR count). The summed E-state index contributed by atoms with van der Waals surface area (Å²) >= 11 is 1.66. The van der Waals surface area contributed by atoms with Crippen LogP contribution in [-0.2, 0) is 4.79 Å². The van der Waals surface area contributed by atoms with Gasteiger partial charge in [0.1, 0.15) is 0 Å². The number of anilines is 1. The minimum Gasteiger partial charge on any atom is -0.354 e. The summed E-state index contributed by atoms with van der Waals surface area (Å²) in [6.45, 7) is 5.17. The smallest absolute Gasteiger partial charge is 0.230 e. The van der Waals surface area contributed by atoms with E-state index in [1.807, 2.05) is 18.2 Å². The Balaban J connectivity index is 1.66. The first-order valence-electron chi connectivity index (χ1n) is 9.08. The Morgan fingerprint density at radius 1 is 1.12 bits per heavy atom. The first-order valence-corrected chi connectivity index (χ1v) is 10.2. The number of nitrogens with zero attached hydrogens (tertiary/aromatic N) is 2. The minimum atomic E-state index is 0.0844. The molecule has 1 heterocycles. The summed E-state index contributed by atoms with van der Waals surface area (Å²) in [5.74, 6) is 2.69. The van der Waals surface area contributed by atoms with Crippen LogP contribution in [0, 0.1) is 5.92 Å². The van der Waals surface area contributed by atoms with Crippen molar-refractivity contribution in [1.29, 1.82) is 0 Å². The number of nitrogens with one attached hydrogen (secondary N) is 2. The summed E-state index contributed by atoms with van der Waals surface area (Å²) in [5, 5.41) is 6.36. The number of aromatic nitrogens is 2. The number of benzene rings is 1. The van der Waals surface area contributed by atoms with Gasteiger partial charge in [-0.25, -0.2) is 9.97 Å². The van der Waals surface area contributed by atoms with Crippen LogP contribution in [-0.4, -0.2) is 33.9 Å². The molecule has 0 radical (unpaired) electrons. The molecular weight excluding hydrogens is 344 g/mol. The molecule has 2 N–H and O–H groups in total. The van der Waals surface area contributed by atoms with E-state index >= 15 is 0 Å². The average molecular weight is 373 g/mol. The van der Waals surface area contributed by atoms with Gasteiger partial charge < -0.3 is 10.6 Å². The first kappa shape index (κ1) is 20.2. The van der Waals surface area contributed by atoms with Crippen molar-refractivity contribution < 1.29 is 4.79 Å². The van der Waals surface area contributed by atoms with Crippen LogP contribution < -0.4 is 10.6 Å². The van der Waals surface area contributed by atoms with Crippen LogP contribution in [0.3, 0.4) is 0 Å². The molecule has 2 aromatic rings. The number of rotatable bonds is 11. The van der Waals surface area contributed by atoms with E-state index < -0.39 is 0 Å². The molecule has 140 valence electrons. The molecule has 0 fully saturated rings. The molecule has 5 nitrogen and oxygen atoms in total. The third kappa shape index (κ3) is 7.87. The normalized spacial score (nSPS) is 12.0. The highest BCUT2D eigenvalue weighted by molar-refractivity contribution is 7.99. The second-order valence-corrected chi connectivity index (χ2v) is 7.67. The van der Waals surface area contributed by atoms with Gasteiger partial charge in [-0.15, -0.1) is 0 Å². The van der Waals surface area contributed by atoms with Gasteiger partial charge in [0.25, 0.3) is 0 Å². The summed E-state index contributed by atoms with van der Waals surface area (Å²) in [6, 6.07) is 12.1. The zero-order chi connectivity index (χ0) is 18.6. The highest BCUT2D eigenvalue weighted by Gasteiger charge is 2.15. The summed E-state index contributed by atoms with van der Waals surface area (Å²) in [6.07, 6.45) is 5.34. The van der Waals surface area contributed by atoms with Crippen molar-refractivity contribution in [2.24, 2.45) is 5.92 Å². The van der Waals surface area contributed by atoms with Crippen LogP contribution in [0.15, 0.2) is 48.8 Å². The Morgan fingerprint density at radius 2 is 1.85 bits per heavy atom. The van der Waals surface area contributed by atoms with E-state index in [9.17, 15) is 4.79 Å². The molecule has 1 unspecified atom stereocenters. The predicted molar refractivity (Wildman–Crippen MR) is 109 cm³/mol. The van der Waals surface area contributed by atoms with E-state index in [1.54, 1.807) is 30.2 Å². The molecule has 26 heavy (non-hydrogen) atoms. The molecule has 0 bridgehead atoms. The van der Waals surface area contributed by atoms with Gasteiger partial charge in [0.15, 0.2) is 0 Å². The van der Waals surface area contributed by atoms with Crippen molar-refractivity contribution in [3.05, 3.63) is 54.4 Å².